The molecule has 0 heterocycles. The first kappa shape index (κ1) is 28.6. The molecule has 0 bridgehead atoms. The molecule has 0 spiro atoms. The van der Waals surface area contributed by atoms with Crippen molar-refractivity contribution in [3.05, 3.63) is 17.7 Å². The molecule has 0 radical (unpaired) electrons. The highest BCUT2D eigenvalue weighted by Crippen LogP contribution is 2.39. The Hall–Kier alpha value is -1.42. The average Bonchev–Trinajstić information content (AvgIpc) is 2.74. The molecule has 1 unspecified atom stereocenters. The van der Waals surface area contributed by atoms with E-state index in [9.17, 15) is 0 Å². The first-order valence-corrected chi connectivity index (χ1v) is 10.6. The van der Waals surface area contributed by atoms with Gasteiger partial charge >= 0.3 is 0 Å². The van der Waals surface area contributed by atoms with Crippen LogP contribution in [-0.2, 0) is 6.54 Å². The van der Waals surface area contributed by atoms with Crippen LogP contribution in [0.5, 0.6) is 17.2 Å². The molecule has 1 rings (SSSR count). The Morgan fingerprint density at radius 1 is 1.03 bits per heavy atom. The second kappa shape index (κ2) is 16.3. The van der Waals surface area contributed by atoms with Crippen LogP contribution in [0, 0.1) is 0 Å². The minimum absolute atomic E-state index is 0. The van der Waals surface area contributed by atoms with Crippen molar-refractivity contribution in [1.29, 1.82) is 0 Å². The lowest BCUT2D eigenvalue weighted by Crippen LogP contribution is -2.42. The monoisotopic (exact) mass is 536 g/mol. The number of hydrogen-bond donors (Lipinski definition) is 2. The fourth-order valence-corrected chi connectivity index (χ4v) is 3.24. The minimum atomic E-state index is 0. The molecule has 2 N–H and O–H groups in total. The van der Waals surface area contributed by atoms with Crippen LogP contribution in [0.2, 0.25) is 0 Å². The largest absolute Gasteiger partial charge is 0.493 e. The van der Waals surface area contributed by atoms with Crippen LogP contribution in [0.4, 0.5) is 0 Å². The van der Waals surface area contributed by atoms with Gasteiger partial charge in [0.25, 0.3) is 0 Å². The van der Waals surface area contributed by atoms with E-state index in [0.29, 0.717) is 29.8 Å². The number of nitrogens with one attached hydrogen (secondary N) is 2. The van der Waals surface area contributed by atoms with Crippen molar-refractivity contribution < 1.29 is 14.2 Å². The lowest BCUT2D eigenvalue weighted by Gasteiger charge is -2.21. The molecule has 7 nitrogen and oxygen atoms in total. The summed E-state index contributed by atoms with van der Waals surface area (Å²) in [6, 6.07) is 4.18. The van der Waals surface area contributed by atoms with E-state index in [0.717, 1.165) is 44.1 Å². The highest BCUT2D eigenvalue weighted by atomic mass is 127. The van der Waals surface area contributed by atoms with Gasteiger partial charge < -0.3 is 29.7 Å². The molecule has 30 heavy (non-hydrogen) atoms. The normalized spacial score (nSPS) is 12.2. The Kier molecular flexibility index (Phi) is 15.5. The second-order valence-electron chi connectivity index (χ2n) is 6.90. The molecule has 0 fully saturated rings. The third kappa shape index (κ3) is 9.16. The maximum atomic E-state index is 5.56. The van der Waals surface area contributed by atoms with Gasteiger partial charge in [0.1, 0.15) is 0 Å². The van der Waals surface area contributed by atoms with Crippen LogP contribution in [0.25, 0.3) is 0 Å². The van der Waals surface area contributed by atoms with Crippen molar-refractivity contribution in [3.63, 3.8) is 0 Å². The standard InChI is InChI=1S/C22H40N4O3.HI/c1-8-23-22(25-17(4)12-11-15-26(9-2)10-3)24-16-18-13-14-19(27-5)21(29-7)20(18)28-6;/h13-14,17H,8-12,15-16H2,1-7H3,(H2,23,24,25);1H. The third-order valence-corrected chi connectivity index (χ3v) is 4.93. The van der Waals surface area contributed by atoms with Crippen molar-refractivity contribution >= 4 is 29.9 Å². The Labute approximate surface area is 200 Å². The van der Waals surface area contributed by atoms with E-state index in [4.69, 9.17) is 19.2 Å². The van der Waals surface area contributed by atoms with Gasteiger partial charge in [-0.25, -0.2) is 4.99 Å². The van der Waals surface area contributed by atoms with Crippen LogP contribution < -0.4 is 24.8 Å². The van der Waals surface area contributed by atoms with Crippen molar-refractivity contribution in [2.24, 2.45) is 4.99 Å². The Morgan fingerprint density at radius 3 is 2.23 bits per heavy atom. The van der Waals surface area contributed by atoms with Crippen LogP contribution in [-0.4, -0.2) is 64.4 Å². The number of benzene rings is 1. The van der Waals surface area contributed by atoms with Crippen molar-refractivity contribution in [3.8, 4) is 17.2 Å². The predicted molar refractivity (Wildman–Crippen MR) is 136 cm³/mol. The molecule has 8 heteroatoms. The van der Waals surface area contributed by atoms with Crippen molar-refractivity contribution in [2.45, 2.75) is 53.1 Å². The first-order valence-electron chi connectivity index (χ1n) is 10.6. The minimum Gasteiger partial charge on any atom is -0.493 e. The number of guanidine groups is 1. The summed E-state index contributed by atoms with van der Waals surface area (Å²) in [4.78, 5) is 7.20. The van der Waals surface area contributed by atoms with Gasteiger partial charge in [0.15, 0.2) is 17.5 Å². The van der Waals surface area contributed by atoms with Crippen LogP contribution >= 0.6 is 24.0 Å². The average molecular weight is 536 g/mol. The van der Waals surface area contributed by atoms with E-state index in [2.05, 4.69) is 43.2 Å². The number of aliphatic imine (C=N–C) groups is 1. The maximum Gasteiger partial charge on any atom is 0.203 e. The van der Waals surface area contributed by atoms with Crippen LogP contribution in [0.1, 0.15) is 46.1 Å². The van der Waals surface area contributed by atoms with Gasteiger partial charge in [-0.15, -0.1) is 24.0 Å². The van der Waals surface area contributed by atoms with Gasteiger partial charge in [-0.05, 0) is 58.5 Å². The summed E-state index contributed by atoms with van der Waals surface area (Å²) in [7, 11) is 4.86. The topological polar surface area (TPSA) is 67.4 Å². The summed E-state index contributed by atoms with van der Waals surface area (Å²) in [6.45, 7) is 13.3. The second-order valence-corrected chi connectivity index (χ2v) is 6.90. The van der Waals surface area contributed by atoms with Gasteiger partial charge in [0.05, 0.1) is 27.9 Å². The molecule has 0 aliphatic carbocycles. The Morgan fingerprint density at radius 2 is 1.70 bits per heavy atom. The molecule has 1 aromatic rings. The first-order chi connectivity index (χ1) is 14.0. The van der Waals surface area contributed by atoms with E-state index < -0.39 is 0 Å². The summed E-state index contributed by atoms with van der Waals surface area (Å²) in [6.07, 6.45) is 2.26. The Bertz CT molecular complexity index is 625. The number of halogens is 1. The number of ether oxygens (including phenoxy) is 3. The molecule has 0 saturated heterocycles. The summed E-state index contributed by atoms with van der Waals surface area (Å²) in [5, 5.41) is 6.84. The Balaban J connectivity index is 0.00000841. The van der Waals surface area contributed by atoms with E-state index in [1.165, 1.54) is 6.42 Å². The molecule has 174 valence electrons. The maximum absolute atomic E-state index is 5.56. The fourth-order valence-electron chi connectivity index (χ4n) is 3.24. The molecule has 0 amide bonds. The number of rotatable bonds is 13. The lowest BCUT2D eigenvalue weighted by molar-refractivity contribution is 0.292. The van der Waals surface area contributed by atoms with Gasteiger partial charge in [-0.2, -0.15) is 0 Å². The zero-order chi connectivity index (χ0) is 21.6. The van der Waals surface area contributed by atoms with Crippen LogP contribution in [0.15, 0.2) is 17.1 Å². The fraction of sp³-hybridized carbons (Fsp3) is 0.682. The smallest absolute Gasteiger partial charge is 0.203 e. The zero-order valence-electron chi connectivity index (χ0n) is 19.7. The van der Waals surface area contributed by atoms with Crippen molar-refractivity contribution in [2.75, 3.05) is 47.5 Å². The van der Waals surface area contributed by atoms with Gasteiger partial charge in [0.2, 0.25) is 5.75 Å². The molecule has 0 aliphatic heterocycles. The molecule has 1 aromatic carbocycles. The van der Waals surface area contributed by atoms with E-state index in [1.807, 2.05) is 12.1 Å². The predicted octanol–water partition coefficient (Wildman–Crippen LogP) is 3.90. The number of nitrogens with zero attached hydrogens (tertiary/aromatic N) is 2. The van der Waals surface area contributed by atoms with E-state index in [1.54, 1.807) is 21.3 Å². The summed E-state index contributed by atoms with van der Waals surface area (Å²) in [5.41, 5.74) is 0.941. The highest BCUT2D eigenvalue weighted by Gasteiger charge is 2.16. The summed E-state index contributed by atoms with van der Waals surface area (Å²) >= 11 is 0. The number of methoxy groups -OCH3 is 3. The highest BCUT2D eigenvalue weighted by molar-refractivity contribution is 14.0. The third-order valence-electron chi connectivity index (χ3n) is 4.93. The van der Waals surface area contributed by atoms with E-state index in [-0.39, 0.29) is 24.0 Å². The van der Waals surface area contributed by atoms with Crippen LogP contribution in [0.3, 0.4) is 0 Å². The SMILES string of the molecule is CCNC(=NCc1ccc(OC)c(OC)c1OC)NC(C)CCCN(CC)CC.I. The molecule has 0 aromatic heterocycles. The summed E-state index contributed by atoms with van der Waals surface area (Å²) < 4.78 is 16.4. The van der Waals surface area contributed by atoms with Gasteiger partial charge in [-0.1, -0.05) is 13.8 Å². The lowest BCUT2D eigenvalue weighted by atomic mass is 10.1. The quantitative estimate of drug-likeness (QED) is 0.227. The molecule has 0 aliphatic rings. The van der Waals surface area contributed by atoms with Gasteiger partial charge in [-0.3, -0.25) is 0 Å². The van der Waals surface area contributed by atoms with Crippen molar-refractivity contribution in [1.82, 2.24) is 15.5 Å². The number of hydrogen-bond acceptors (Lipinski definition) is 5. The molecular formula is C22H41IN4O3. The molecular weight excluding hydrogens is 495 g/mol. The molecule has 0 saturated carbocycles. The van der Waals surface area contributed by atoms with E-state index >= 15 is 0 Å². The molecule has 1 atom stereocenters. The van der Waals surface area contributed by atoms with Gasteiger partial charge in [0, 0.05) is 18.2 Å². The summed E-state index contributed by atoms with van der Waals surface area (Å²) in [5.74, 6) is 2.69. The zero-order valence-corrected chi connectivity index (χ0v) is 22.0.